The van der Waals surface area contributed by atoms with Crippen LogP contribution < -0.4 is 0 Å². The van der Waals surface area contributed by atoms with Crippen LogP contribution in [0.25, 0.3) is 0 Å². The predicted octanol–water partition coefficient (Wildman–Crippen LogP) is 3.14. The van der Waals surface area contributed by atoms with E-state index >= 15 is 0 Å². The molecule has 0 aromatic rings. The Labute approximate surface area is 88.6 Å². The number of hydrogen-bond acceptors (Lipinski definition) is 1. The molecule has 2 heteroatoms. The van der Waals surface area contributed by atoms with Crippen molar-refractivity contribution in [1.82, 2.24) is 4.90 Å². The smallest absolute Gasteiger partial charge is 0.00248 e. The van der Waals surface area contributed by atoms with Crippen LogP contribution in [0.4, 0.5) is 0 Å². The van der Waals surface area contributed by atoms with Crippen molar-refractivity contribution < 1.29 is 0 Å². The van der Waals surface area contributed by atoms with E-state index in [1.54, 1.807) is 0 Å². The lowest BCUT2D eigenvalue weighted by atomic mass is 10.1. The topological polar surface area (TPSA) is 3.24 Å². The van der Waals surface area contributed by atoms with Gasteiger partial charge in [0.05, 0.1) is 0 Å². The standard InChI is InChI=1S/C9H21N.HI/c1-4-5-6-7-8-9-10(2)3;/h4-9H2,1-3H3;1H. The Kier molecular flexibility index (Phi) is 13.8. The highest BCUT2D eigenvalue weighted by molar-refractivity contribution is 14.0. The molecule has 0 aromatic heterocycles. The summed E-state index contributed by atoms with van der Waals surface area (Å²) in [4.78, 5) is 2.26. The van der Waals surface area contributed by atoms with Crippen molar-refractivity contribution in [1.29, 1.82) is 0 Å². The van der Waals surface area contributed by atoms with Gasteiger partial charge < -0.3 is 4.90 Å². The molecule has 0 unspecified atom stereocenters. The minimum atomic E-state index is 0. The Hall–Kier alpha value is 0.690. The Morgan fingerprint density at radius 2 is 1.45 bits per heavy atom. The van der Waals surface area contributed by atoms with Gasteiger partial charge in [-0.05, 0) is 27.1 Å². The molecule has 0 heterocycles. The molecular formula is C9H22IN. The van der Waals surface area contributed by atoms with Crippen LogP contribution >= 0.6 is 24.0 Å². The molecule has 0 radical (unpaired) electrons. The molecule has 0 saturated heterocycles. The molecule has 0 amide bonds. The van der Waals surface area contributed by atoms with Crippen LogP contribution in [0, 0.1) is 0 Å². The second kappa shape index (κ2) is 10.7. The highest BCUT2D eigenvalue weighted by Gasteiger charge is 1.89. The van der Waals surface area contributed by atoms with Crippen LogP contribution in [-0.2, 0) is 0 Å². The van der Waals surface area contributed by atoms with Crippen LogP contribution in [0.5, 0.6) is 0 Å². The summed E-state index contributed by atoms with van der Waals surface area (Å²) in [5, 5.41) is 0. The van der Waals surface area contributed by atoms with Gasteiger partial charge in [0, 0.05) is 0 Å². The van der Waals surface area contributed by atoms with E-state index in [-0.39, 0.29) is 24.0 Å². The van der Waals surface area contributed by atoms with E-state index in [4.69, 9.17) is 0 Å². The lowest BCUT2D eigenvalue weighted by molar-refractivity contribution is 0.390. The summed E-state index contributed by atoms with van der Waals surface area (Å²) in [6.07, 6.45) is 6.96. The van der Waals surface area contributed by atoms with E-state index in [1.165, 1.54) is 38.6 Å². The first-order valence-corrected chi connectivity index (χ1v) is 4.42. The average molecular weight is 271 g/mol. The van der Waals surface area contributed by atoms with Gasteiger partial charge in [0.25, 0.3) is 0 Å². The van der Waals surface area contributed by atoms with Gasteiger partial charge in [0.1, 0.15) is 0 Å². The number of nitrogens with zero attached hydrogens (tertiary/aromatic N) is 1. The molecule has 1 nitrogen and oxygen atoms in total. The largest absolute Gasteiger partial charge is 0.309 e. The van der Waals surface area contributed by atoms with E-state index < -0.39 is 0 Å². The molecule has 0 rings (SSSR count). The minimum Gasteiger partial charge on any atom is -0.309 e. The minimum absolute atomic E-state index is 0. The van der Waals surface area contributed by atoms with Crippen LogP contribution in [-0.4, -0.2) is 25.5 Å². The summed E-state index contributed by atoms with van der Waals surface area (Å²) in [7, 11) is 4.28. The summed E-state index contributed by atoms with van der Waals surface area (Å²) >= 11 is 0. The quantitative estimate of drug-likeness (QED) is 0.530. The van der Waals surface area contributed by atoms with Crippen molar-refractivity contribution in [3.8, 4) is 0 Å². The predicted molar refractivity (Wildman–Crippen MR) is 62.7 cm³/mol. The second-order valence-corrected chi connectivity index (χ2v) is 3.22. The lowest BCUT2D eigenvalue weighted by Gasteiger charge is -2.07. The number of unbranched alkanes of at least 4 members (excludes halogenated alkanes) is 4. The lowest BCUT2D eigenvalue weighted by Crippen LogP contribution is -2.12. The maximum Gasteiger partial charge on any atom is -0.00248 e. The monoisotopic (exact) mass is 271 g/mol. The van der Waals surface area contributed by atoms with Gasteiger partial charge in [-0.3, -0.25) is 0 Å². The first-order valence-electron chi connectivity index (χ1n) is 4.42. The van der Waals surface area contributed by atoms with E-state index in [1.807, 2.05) is 0 Å². The molecule has 0 bridgehead atoms. The fourth-order valence-corrected chi connectivity index (χ4v) is 1.03. The highest BCUT2D eigenvalue weighted by atomic mass is 127. The third kappa shape index (κ3) is 13.7. The molecule has 0 spiro atoms. The Bertz CT molecular complexity index is 64.6. The molecule has 0 fully saturated rings. The SMILES string of the molecule is CCCCCCCN(C)C.I. The van der Waals surface area contributed by atoms with E-state index in [2.05, 4.69) is 25.9 Å². The second-order valence-electron chi connectivity index (χ2n) is 3.22. The third-order valence-electron chi connectivity index (χ3n) is 1.71. The number of rotatable bonds is 6. The molecule has 0 N–H and O–H groups in total. The van der Waals surface area contributed by atoms with Gasteiger partial charge in [-0.15, -0.1) is 24.0 Å². The van der Waals surface area contributed by atoms with Crippen molar-refractivity contribution in [3.05, 3.63) is 0 Å². The van der Waals surface area contributed by atoms with Crippen molar-refractivity contribution in [2.75, 3.05) is 20.6 Å². The van der Waals surface area contributed by atoms with Gasteiger partial charge in [-0.25, -0.2) is 0 Å². The summed E-state index contributed by atoms with van der Waals surface area (Å²) < 4.78 is 0. The zero-order chi connectivity index (χ0) is 7.82. The van der Waals surface area contributed by atoms with Gasteiger partial charge in [-0.2, -0.15) is 0 Å². The van der Waals surface area contributed by atoms with Crippen LogP contribution in [0.1, 0.15) is 39.0 Å². The number of hydrogen-bond donors (Lipinski definition) is 0. The Balaban J connectivity index is 0. The van der Waals surface area contributed by atoms with Gasteiger partial charge in [0.15, 0.2) is 0 Å². The van der Waals surface area contributed by atoms with Crippen molar-refractivity contribution in [2.24, 2.45) is 0 Å². The summed E-state index contributed by atoms with van der Waals surface area (Å²) in [5.41, 5.74) is 0. The normalized spacial score (nSPS) is 9.82. The molecule has 0 atom stereocenters. The molecule has 0 aromatic carbocycles. The summed E-state index contributed by atoms with van der Waals surface area (Å²) in [6.45, 7) is 3.51. The molecule has 11 heavy (non-hydrogen) atoms. The zero-order valence-corrected chi connectivity index (χ0v) is 10.4. The molecule has 0 aliphatic carbocycles. The third-order valence-corrected chi connectivity index (χ3v) is 1.71. The van der Waals surface area contributed by atoms with Gasteiger partial charge in [-0.1, -0.05) is 32.6 Å². The Morgan fingerprint density at radius 3 is 1.91 bits per heavy atom. The first-order chi connectivity index (χ1) is 4.77. The van der Waals surface area contributed by atoms with Crippen molar-refractivity contribution >= 4 is 24.0 Å². The molecule has 0 aliphatic heterocycles. The maximum atomic E-state index is 2.26. The Morgan fingerprint density at radius 1 is 0.909 bits per heavy atom. The van der Waals surface area contributed by atoms with Crippen LogP contribution in [0.2, 0.25) is 0 Å². The first kappa shape index (κ1) is 14.2. The molecule has 0 aliphatic rings. The van der Waals surface area contributed by atoms with E-state index in [0.717, 1.165) is 0 Å². The number of halogens is 1. The molecular weight excluding hydrogens is 249 g/mol. The van der Waals surface area contributed by atoms with Crippen LogP contribution in [0.3, 0.4) is 0 Å². The van der Waals surface area contributed by atoms with E-state index in [0.29, 0.717) is 0 Å². The average Bonchev–Trinajstić information content (AvgIpc) is 1.87. The van der Waals surface area contributed by atoms with Gasteiger partial charge >= 0.3 is 0 Å². The summed E-state index contributed by atoms with van der Waals surface area (Å²) in [6, 6.07) is 0. The maximum absolute atomic E-state index is 2.26. The molecule has 70 valence electrons. The fraction of sp³-hybridized carbons (Fsp3) is 1.00. The molecule has 0 saturated carbocycles. The fourth-order valence-electron chi connectivity index (χ4n) is 1.03. The van der Waals surface area contributed by atoms with Gasteiger partial charge in [0.2, 0.25) is 0 Å². The zero-order valence-electron chi connectivity index (χ0n) is 8.10. The van der Waals surface area contributed by atoms with E-state index in [9.17, 15) is 0 Å². The van der Waals surface area contributed by atoms with Crippen molar-refractivity contribution in [2.45, 2.75) is 39.0 Å². The summed E-state index contributed by atoms with van der Waals surface area (Å²) in [5.74, 6) is 0. The van der Waals surface area contributed by atoms with Crippen LogP contribution in [0.15, 0.2) is 0 Å². The highest BCUT2D eigenvalue weighted by Crippen LogP contribution is 2.01. The van der Waals surface area contributed by atoms with Crippen molar-refractivity contribution in [3.63, 3.8) is 0 Å².